The standard InChI is InChI=1S/C59H49N/c1-58(2,3)44-31-28-43(29-32-44)48-35-33-45(38-52(48)41-20-10-7-11-21-41)60(46-34-36-55-53(39-46)50-25-16-17-27-54(50)59(55,4)5)56-37-30-42-22-12-13-24-49(42)57(56)51-26-15-14-23-47(51)40-18-8-6-9-19-40/h6-39H,1-5H3. The maximum atomic E-state index is 2.51. The molecule has 0 aromatic heterocycles. The lowest BCUT2D eigenvalue weighted by molar-refractivity contribution is 0.590. The molecule has 1 heteroatoms. The van der Waals surface area contributed by atoms with E-state index in [9.17, 15) is 0 Å². The van der Waals surface area contributed by atoms with Gasteiger partial charge in [-0.1, -0.05) is 211 Å². The average Bonchev–Trinajstić information content (AvgIpc) is 3.52. The maximum Gasteiger partial charge on any atom is 0.0546 e. The molecule has 60 heavy (non-hydrogen) atoms. The summed E-state index contributed by atoms with van der Waals surface area (Å²) in [5.41, 5.74) is 19.6. The van der Waals surface area contributed by atoms with E-state index in [-0.39, 0.29) is 10.8 Å². The lowest BCUT2D eigenvalue weighted by Crippen LogP contribution is -2.15. The molecule has 0 heterocycles. The van der Waals surface area contributed by atoms with Gasteiger partial charge in [-0.2, -0.15) is 0 Å². The Kier molecular flexibility index (Phi) is 9.14. The monoisotopic (exact) mass is 771 g/mol. The van der Waals surface area contributed by atoms with Gasteiger partial charge in [-0.05, 0) is 113 Å². The summed E-state index contributed by atoms with van der Waals surface area (Å²) in [4.78, 5) is 2.51. The molecule has 10 rings (SSSR count). The van der Waals surface area contributed by atoms with Crippen molar-refractivity contribution in [2.45, 2.75) is 45.4 Å². The number of benzene rings is 9. The Bertz CT molecular complexity index is 3020. The third-order valence-electron chi connectivity index (χ3n) is 12.7. The van der Waals surface area contributed by atoms with Crippen molar-refractivity contribution in [1.29, 1.82) is 0 Å². The minimum Gasteiger partial charge on any atom is -0.310 e. The van der Waals surface area contributed by atoms with Crippen LogP contribution in [0.25, 0.3) is 66.4 Å². The summed E-state index contributed by atoms with van der Waals surface area (Å²) in [5, 5.41) is 2.43. The van der Waals surface area contributed by atoms with Gasteiger partial charge < -0.3 is 4.90 Å². The SMILES string of the molecule is CC(C)(C)c1ccc(-c2ccc(N(c3ccc4c(c3)-c3ccccc3C4(C)C)c3ccc4ccccc4c3-c3ccccc3-c3ccccc3)cc2-c2ccccc2)cc1. The highest BCUT2D eigenvalue weighted by Crippen LogP contribution is 2.53. The molecule has 9 aromatic rings. The number of anilines is 3. The van der Waals surface area contributed by atoms with E-state index in [0.717, 1.165) is 17.1 Å². The lowest BCUT2D eigenvalue weighted by Gasteiger charge is -2.31. The molecule has 1 aliphatic rings. The number of hydrogen-bond acceptors (Lipinski definition) is 1. The highest BCUT2D eigenvalue weighted by Gasteiger charge is 2.36. The molecule has 0 unspecified atom stereocenters. The summed E-state index contributed by atoms with van der Waals surface area (Å²) in [6.45, 7) is 11.5. The molecule has 0 fully saturated rings. The topological polar surface area (TPSA) is 3.24 Å². The summed E-state index contributed by atoms with van der Waals surface area (Å²) in [6, 6.07) is 76.4. The zero-order valence-corrected chi connectivity index (χ0v) is 35.1. The molecule has 0 radical (unpaired) electrons. The lowest BCUT2D eigenvalue weighted by atomic mass is 9.82. The first kappa shape index (κ1) is 37.3. The molecular formula is C59H49N. The quantitative estimate of drug-likeness (QED) is 0.156. The van der Waals surface area contributed by atoms with Gasteiger partial charge in [0, 0.05) is 22.4 Å². The molecule has 1 nitrogen and oxygen atoms in total. The minimum atomic E-state index is -0.0946. The van der Waals surface area contributed by atoms with Crippen LogP contribution in [0.5, 0.6) is 0 Å². The van der Waals surface area contributed by atoms with E-state index in [2.05, 4.69) is 246 Å². The Morgan fingerprint density at radius 2 is 0.900 bits per heavy atom. The van der Waals surface area contributed by atoms with Crippen LogP contribution in [-0.4, -0.2) is 0 Å². The first-order valence-corrected chi connectivity index (χ1v) is 21.2. The second-order valence-electron chi connectivity index (χ2n) is 17.8. The molecule has 290 valence electrons. The molecule has 0 atom stereocenters. The zero-order chi connectivity index (χ0) is 41.0. The van der Waals surface area contributed by atoms with Crippen molar-refractivity contribution in [2.75, 3.05) is 4.90 Å². The van der Waals surface area contributed by atoms with E-state index in [0.29, 0.717) is 0 Å². The van der Waals surface area contributed by atoms with Gasteiger partial charge in [0.25, 0.3) is 0 Å². The van der Waals surface area contributed by atoms with Gasteiger partial charge in [-0.25, -0.2) is 0 Å². The highest BCUT2D eigenvalue weighted by atomic mass is 15.1. The second-order valence-corrected chi connectivity index (χ2v) is 17.8. The number of nitrogens with zero attached hydrogens (tertiary/aromatic N) is 1. The molecule has 0 spiro atoms. The molecule has 0 saturated heterocycles. The molecule has 1 aliphatic carbocycles. The molecule has 0 aliphatic heterocycles. The molecule has 0 amide bonds. The van der Waals surface area contributed by atoms with E-state index in [4.69, 9.17) is 0 Å². The van der Waals surface area contributed by atoms with Crippen LogP contribution in [-0.2, 0) is 10.8 Å². The van der Waals surface area contributed by atoms with Crippen LogP contribution in [0.1, 0.15) is 51.3 Å². The third kappa shape index (κ3) is 6.42. The smallest absolute Gasteiger partial charge is 0.0546 e. The average molecular weight is 772 g/mol. The van der Waals surface area contributed by atoms with Gasteiger partial charge in [-0.15, -0.1) is 0 Å². The number of hydrogen-bond donors (Lipinski definition) is 0. The van der Waals surface area contributed by atoms with Crippen LogP contribution in [0.4, 0.5) is 17.1 Å². The van der Waals surface area contributed by atoms with Crippen molar-refractivity contribution in [2.24, 2.45) is 0 Å². The van der Waals surface area contributed by atoms with Crippen molar-refractivity contribution in [3.8, 4) is 55.6 Å². The van der Waals surface area contributed by atoms with Crippen LogP contribution >= 0.6 is 0 Å². The molecule has 0 saturated carbocycles. The van der Waals surface area contributed by atoms with Crippen molar-refractivity contribution < 1.29 is 0 Å². The first-order chi connectivity index (χ1) is 29.2. The van der Waals surface area contributed by atoms with E-state index in [1.807, 2.05) is 0 Å². The molecular weight excluding hydrogens is 723 g/mol. The van der Waals surface area contributed by atoms with Crippen molar-refractivity contribution >= 4 is 27.8 Å². The molecule has 9 aromatic carbocycles. The van der Waals surface area contributed by atoms with Gasteiger partial charge in [0.2, 0.25) is 0 Å². The normalized spacial score (nSPS) is 12.9. The van der Waals surface area contributed by atoms with Gasteiger partial charge in [0.05, 0.1) is 5.69 Å². The van der Waals surface area contributed by atoms with Crippen LogP contribution in [0.2, 0.25) is 0 Å². The summed E-state index contributed by atoms with van der Waals surface area (Å²) < 4.78 is 0. The number of fused-ring (bicyclic) bond motifs is 4. The van der Waals surface area contributed by atoms with Crippen LogP contribution in [0.3, 0.4) is 0 Å². The van der Waals surface area contributed by atoms with E-state index in [1.54, 1.807) is 0 Å². The van der Waals surface area contributed by atoms with E-state index >= 15 is 0 Å². The predicted molar refractivity (Wildman–Crippen MR) is 257 cm³/mol. The van der Waals surface area contributed by atoms with Crippen LogP contribution in [0, 0.1) is 0 Å². The van der Waals surface area contributed by atoms with Crippen molar-refractivity contribution in [3.05, 3.63) is 223 Å². The first-order valence-electron chi connectivity index (χ1n) is 21.2. The number of rotatable bonds is 7. The molecule has 0 N–H and O–H groups in total. The summed E-state index contributed by atoms with van der Waals surface area (Å²) in [5.74, 6) is 0. The predicted octanol–water partition coefficient (Wildman–Crippen LogP) is 16.6. The fraction of sp³-hybridized carbons (Fsp3) is 0.119. The Morgan fingerprint density at radius 3 is 1.60 bits per heavy atom. The highest BCUT2D eigenvalue weighted by molar-refractivity contribution is 6.08. The maximum absolute atomic E-state index is 2.51. The minimum absolute atomic E-state index is 0.0768. The Hall–Kier alpha value is -6.96. The summed E-state index contributed by atoms with van der Waals surface area (Å²) >= 11 is 0. The van der Waals surface area contributed by atoms with Gasteiger partial charge in [0.15, 0.2) is 0 Å². The van der Waals surface area contributed by atoms with Gasteiger partial charge >= 0.3 is 0 Å². The Labute approximate surface area is 355 Å². The fourth-order valence-corrected chi connectivity index (χ4v) is 9.50. The van der Waals surface area contributed by atoms with Crippen molar-refractivity contribution in [3.63, 3.8) is 0 Å². The largest absolute Gasteiger partial charge is 0.310 e. The summed E-state index contributed by atoms with van der Waals surface area (Å²) in [6.07, 6.45) is 0. The molecule has 0 bridgehead atoms. The van der Waals surface area contributed by atoms with Crippen molar-refractivity contribution in [1.82, 2.24) is 0 Å². The van der Waals surface area contributed by atoms with E-state index < -0.39 is 0 Å². The Balaban J connectivity index is 1.27. The van der Waals surface area contributed by atoms with Crippen LogP contribution < -0.4 is 4.90 Å². The second kappa shape index (κ2) is 14.7. The summed E-state index contributed by atoms with van der Waals surface area (Å²) in [7, 11) is 0. The Morgan fingerprint density at radius 1 is 0.383 bits per heavy atom. The van der Waals surface area contributed by atoms with Gasteiger partial charge in [0.1, 0.15) is 0 Å². The zero-order valence-electron chi connectivity index (χ0n) is 35.1. The van der Waals surface area contributed by atoms with Crippen LogP contribution in [0.15, 0.2) is 206 Å². The fourth-order valence-electron chi connectivity index (χ4n) is 9.50. The van der Waals surface area contributed by atoms with E-state index in [1.165, 1.54) is 83.1 Å². The third-order valence-corrected chi connectivity index (χ3v) is 12.7. The van der Waals surface area contributed by atoms with Gasteiger partial charge in [-0.3, -0.25) is 0 Å².